The average molecular weight is 513 g/mol. The molecule has 38 heavy (non-hydrogen) atoms. The van der Waals surface area contributed by atoms with E-state index in [1.165, 1.54) is 0 Å². The summed E-state index contributed by atoms with van der Waals surface area (Å²) >= 11 is 0. The molecule has 0 unspecified atom stereocenters. The number of hydrogen-bond donors (Lipinski definition) is 0. The maximum Gasteiger partial charge on any atom is 0.228 e. The molecule has 9 nitrogen and oxygen atoms in total. The Morgan fingerprint density at radius 3 is 2.32 bits per heavy atom. The number of ketones is 1. The van der Waals surface area contributed by atoms with Crippen LogP contribution in [-0.2, 0) is 11.4 Å². The fourth-order valence-corrected chi connectivity index (χ4v) is 5.20. The van der Waals surface area contributed by atoms with E-state index in [0.717, 1.165) is 17.1 Å². The van der Waals surface area contributed by atoms with Crippen molar-refractivity contribution in [3.05, 3.63) is 83.1 Å². The summed E-state index contributed by atoms with van der Waals surface area (Å²) in [5, 5.41) is 4.59. The molecule has 2 aromatic carbocycles. The van der Waals surface area contributed by atoms with Crippen molar-refractivity contribution in [1.29, 1.82) is 0 Å². The summed E-state index contributed by atoms with van der Waals surface area (Å²) in [5.74, 6) is 3.46. The highest BCUT2D eigenvalue weighted by atomic mass is 16.5. The first kappa shape index (κ1) is 24.0. The average Bonchev–Trinajstić information content (AvgIpc) is 3.34. The van der Waals surface area contributed by atoms with Crippen molar-refractivity contribution in [2.45, 2.75) is 39.2 Å². The number of rotatable bonds is 6. The van der Waals surface area contributed by atoms with Crippen LogP contribution in [0, 0.1) is 5.41 Å². The molecule has 9 heteroatoms. The van der Waals surface area contributed by atoms with Gasteiger partial charge in [-0.15, -0.1) is 5.10 Å². The zero-order chi connectivity index (χ0) is 26.4. The lowest BCUT2D eigenvalue weighted by molar-refractivity contribution is -0.118. The van der Waals surface area contributed by atoms with Gasteiger partial charge in [0.15, 0.2) is 17.3 Å². The third-order valence-electron chi connectivity index (χ3n) is 6.98. The number of methoxy groups -OCH3 is 2. The van der Waals surface area contributed by atoms with Crippen LogP contribution in [0.25, 0.3) is 5.65 Å². The van der Waals surface area contributed by atoms with E-state index >= 15 is 0 Å². The highest BCUT2D eigenvalue weighted by Crippen LogP contribution is 2.50. The Morgan fingerprint density at radius 2 is 1.63 bits per heavy atom. The molecule has 2 aliphatic rings. The number of carbonyl (C=O) groups excluding carboxylic acids is 1. The van der Waals surface area contributed by atoms with Crippen LogP contribution in [0.5, 0.6) is 23.1 Å². The molecule has 0 fully saturated rings. The first-order chi connectivity index (χ1) is 18.3. The number of fused-ring (bicyclic) bond motifs is 3. The van der Waals surface area contributed by atoms with Crippen molar-refractivity contribution in [2.75, 3.05) is 14.2 Å². The number of hydrogen-bond acceptors (Lipinski definition) is 8. The smallest absolute Gasteiger partial charge is 0.228 e. The molecule has 0 amide bonds. The summed E-state index contributed by atoms with van der Waals surface area (Å²) in [6.45, 7) is 4.33. The fourth-order valence-electron chi connectivity index (χ4n) is 5.20. The lowest BCUT2D eigenvalue weighted by Crippen LogP contribution is -2.33. The Kier molecular flexibility index (Phi) is 5.78. The molecule has 194 valence electrons. The SMILES string of the molecule is COc1ccc(OCc2nc3c4c(ncn3n2)OC2=C(C(=O)CC(C)(C)C2)[C@@H]4c2ccc(OC)cc2)cc1. The molecule has 0 saturated carbocycles. The predicted molar refractivity (Wildman–Crippen MR) is 139 cm³/mol. The van der Waals surface area contributed by atoms with Crippen LogP contribution in [0.2, 0.25) is 0 Å². The van der Waals surface area contributed by atoms with Crippen molar-refractivity contribution in [3.8, 4) is 23.1 Å². The molecule has 1 aliphatic carbocycles. The summed E-state index contributed by atoms with van der Waals surface area (Å²) in [6, 6.07) is 15.1. The maximum absolute atomic E-state index is 13.6. The first-order valence-corrected chi connectivity index (χ1v) is 12.4. The van der Waals surface area contributed by atoms with E-state index in [0.29, 0.717) is 52.8 Å². The van der Waals surface area contributed by atoms with E-state index in [4.69, 9.17) is 23.9 Å². The molecule has 0 bridgehead atoms. The number of carbonyl (C=O) groups is 1. The summed E-state index contributed by atoms with van der Waals surface area (Å²) in [6.07, 6.45) is 2.69. The number of aromatic nitrogens is 4. The van der Waals surface area contributed by atoms with Crippen LogP contribution in [0.1, 0.15) is 49.6 Å². The molecule has 4 aromatic rings. The lowest BCUT2D eigenvalue weighted by atomic mass is 9.70. The van der Waals surface area contributed by atoms with Crippen LogP contribution in [-0.4, -0.2) is 39.6 Å². The molecule has 0 radical (unpaired) electrons. The van der Waals surface area contributed by atoms with Crippen molar-refractivity contribution in [1.82, 2.24) is 19.6 Å². The number of benzene rings is 2. The Morgan fingerprint density at radius 1 is 0.974 bits per heavy atom. The summed E-state index contributed by atoms with van der Waals surface area (Å²) in [7, 11) is 3.25. The minimum atomic E-state index is -0.390. The molecule has 2 aromatic heterocycles. The van der Waals surface area contributed by atoms with E-state index in [9.17, 15) is 4.79 Å². The summed E-state index contributed by atoms with van der Waals surface area (Å²) < 4.78 is 24.4. The second-order valence-corrected chi connectivity index (χ2v) is 10.3. The molecule has 0 N–H and O–H groups in total. The van der Waals surface area contributed by atoms with Gasteiger partial charge >= 0.3 is 0 Å². The molecular formula is C29H28N4O5. The minimum absolute atomic E-state index is 0.0762. The summed E-state index contributed by atoms with van der Waals surface area (Å²) in [4.78, 5) is 22.9. The van der Waals surface area contributed by atoms with Crippen LogP contribution >= 0.6 is 0 Å². The molecule has 1 aliphatic heterocycles. The number of allylic oxidation sites excluding steroid dienone is 2. The van der Waals surface area contributed by atoms with Gasteiger partial charge in [-0.1, -0.05) is 26.0 Å². The summed E-state index contributed by atoms with van der Waals surface area (Å²) in [5.41, 5.74) is 2.70. The van der Waals surface area contributed by atoms with Gasteiger partial charge in [0.1, 0.15) is 35.9 Å². The van der Waals surface area contributed by atoms with Crippen molar-refractivity contribution >= 4 is 11.4 Å². The van der Waals surface area contributed by atoms with Gasteiger partial charge in [-0.3, -0.25) is 4.79 Å². The van der Waals surface area contributed by atoms with Crippen LogP contribution in [0.3, 0.4) is 0 Å². The lowest BCUT2D eigenvalue weighted by Gasteiger charge is -2.37. The van der Waals surface area contributed by atoms with E-state index in [-0.39, 0.29) is 23.7 Å². The first-order valence-electron chi connectivity index (χ1n) is 12.4. The van der Waals surface area contributed by atoms with Crippen LogP contribution in [0.4, 0.5) is 0 Å². The highest BCUT2D eigenvalue weighted by Gasteiger charge is 2.44. The van der Waals surface area contributed by atoms with E-state index in [1.807, 2.05) is 48.5 Å². The molecular weight excluding hydrogens is 484 g/mol. The number of nitrogens with zero attached hydrogens (tertiary/aromatic N) is 4. The van der Waals surface area contributed by atoms with Crippen molar-refractivity contribution < 1.29 is 23.7 Å². The van der Waals surface area contributed by atoms with Gasteiger partial charge in [-0.2, -0.15) is 0 Å². The third-order valence-corrected chi connectivity index (χ3v) is 6.98. The van der Waals surface area contributed by atoms with E-state index in [1.54, 1.807) is 25.1 Å². The Labute approximate surface area is 220 Å². The van der Waals surface area contributed by atoms with Crippen LogP contribution < -0.4 is 18.9 Å². The topological polar surface area (TPSA) is 97.1 Å². The highest BCUT2D eigenvalue weighted by molar-refractivity contribution is 6.00. The minimum Gasteiger partial charge on any atom is -0.497 e. The fraction of sp³-hybridized carbons (Fsp3) is 0.310. The number of Topliss-reactive ketones (excluding diaryl/α,β-unsaturated/α-hetero) is 1. The molecule has 0 spiro atoms. The normalized spacial score (nSPS) is 18.0. The van der Waals surface area contributed by atoms with Gasteiger partial charge in [0.2, 0.25) is 5.88 Å². The van der Waals surface area contributed by atoms with Gasteiger partial charge < -0.3 is 18.9 Å². The Bertz CT molecular complexity index is 1550. The monoisotopic (exact) mass is 512 g/mol. The Balaban J connectivity index is 1.42. The van der Waals surface area contributed by atoms with Crippen molar-refractivity contribution in [3.63, 3.8) is 0 Å². The molecule has 3 heterocycles. The second-order valence-electron chi connectivity index (χ2n) is 10.3. The van der Waals surface area contributed by atoms with Gasteiger partial charge in [0.25, 0.3) is 0 Å². The molecule has 1 atom stereocenters. The van der Waals surface area contributed by atoms with Gasteiger partial charge in [0.05, 0.1) is 19.8 Å². The quantitative estimate of drug-likeness (QED) is 0.360. The van der Waals surface area contributed by atoms with Gasteiger partial charge in [-0.25, -0.2) is 14.5 Å². The predicted octanol–water partition coefficient (Wildman–Crippen LogP) is 4.89. The van der Waals surface area contributed by atoms with Gasteiger partial charge in [-0.05, 0) is 47.4 Å². The van der Waals surface area contributed by atoms with Gasteiger partial charge in [0, 0.05) is 24.3 Å². The number of ether oxygens (including phenoxy) is 4. The largest absolute Gasteiger partial charge is 0.497 e. The zero-order valence-electron chi connectivity index (χ0n) is 21.7. The van der Waals surface area contributed by atoms with Crippen molar-refractivity contribution in [2.24, 2.45) is 5.41 Å². The van der Waals surface area contributed by atoms with E-state index < -0.39 is 0 Å². The Hall–Kier alpha value is -4.40. The molecule has 0 saturated heterocycles. The standard InChI is InChI=1S/C29H28N4O5/c1-29(2)13-21(34)25-22(14-29)38-28-26(24(25)17-5-7-18(35-3)8-6-17)27-31-23(32-33(27)16-30-28)15-37-20-11-9-19(36-4)10-12-20/h5-12,16,24H,13-15H2,1-4H3/t24-/m0/s1. The maximum atomic E-state index is 13.6. The van der Waals surface area contributed by atoms with Crippen LogP contribution in [0.15, 0.2) is 66.2 Å². The van der Waals surface area contributed by atoms with E-state index in [2.05, 4.69) is 23.9 Å². The second kappa shape index (κ2) is 9.16. The molecule has 6 rings (SSSR count). The third kappa shape index (κ3) is 4.23. The zero-order valence-corrected chi connectivity index (χ0v) is 21.7.